The molecule has 0 atom stereocenters. The van der Waals surface area contributed by atoms with Crippen molar-refractivity contribution >= 4 is 17.3 Å². The van der Waals surface area contributed by atoms with E-state index >= 15 is 0 Å². The van der Waals surface area contributed by atoms with Gasteiger partial charge in [-0.25, -0.2) is 4.79 Å². The van der Waals surface area contributed by atoms with Crippen LogP contribution in [0.2, 0.25) is 0 Å². The van der Waals surface area contributed by atoms with Crippen LogP contribution < -0.4 is 5.32 Å². The zero-order chi connectivity index (χ0) is 14.4. The van der Waals surface area contributed by atoms with Gasteiger partial charge in [-0.15, -0.1) is 0 Å². The van der Waals surface area contributed by atoms with Crippen molar-refractivity contribution in [2.24, 2.45) is 0 Å². The second-order valence-electron chi connectivity index (χ2n) is 4.12. The summed E-state index contributed by atoms with van der Waals surface area (Å²) in [7, 11) is 0. The third-order valence-electron chi connectivity index (χ3n) is 2.68. The first-order valence-electron chi connectivity index (χ1n) is 6.27. The number of esters is 1. The molecule has 2 aromatic rings. The maximum Gasteiger partial charge on any atom is 0.338 e. The van der Waals surface area contributed by atoms with E-state index in [2.05, 4.69) is 11.4 Å². The largest absolute Gasteiger partial charge is 0.462 e. The highest BCUT2D eigenvalue weighted by Gasteiger charge is 2.05. The Kier molecular flexibility index (Phi) is 4.35. The van der Waals surface area contributed by atoms with Crippen LogP contribution in [-0.2, 0) is 4.74 Å². The minimum Gasteiger partial charge on any atom is -0.462 e. The predicted octanol–water partition coefficient (Wildman–Crippen LogP) is 3.48. The van der Waals surface area contributed by atoms with Gasteiger partial charge in [-0.1, -0.05) is 6.07 Å². The number of rotatable bonds is 4. The minimum absolute atomic E-state index is 0.328. The molecule has 2 rings (SSSR count). The number of hydrogen-bond donors (Lipinski definition) is 1. The second-order valence-corrected chi connectivity index (χ2v) is 4.12. The summed E-state index contributed by atoms with van der Waals surface area (Å²) in [6.07, 6.45) is 0. The molecule has 0 spiro atoms. The molecule has 0 saturated carbocycles. The van der Waals surface area contributed by atoms with Crippen LogP contribution in [0.1, 0.15) is 22.8 Å². The number of nitrogens with zero attached hydrogens (tertiary/aromatic N) is 1. The van der Waals surface area contributed by atoms with Crippen molar-refractivity contribution in [3.63, 3.8) is 0 Å². The lowest BCUT2D eigenvalue weighted by molar-refractivity contribution is 0.0526. The second kappa shape index (κ2) is 6.39. The third-order valence-corrected chi connectivity index (χ3v) is 2.68. The standard InChI is InChI=1S/C16H14N2O2/c1-2-20-16(19)13-6-8-14(9-7-13)18-15-5-3-4-12(10-15)11-17/h3-10,18H,2H2,1H3. The van der Waals surface area contributed by atoms with Gasteiger partial charge in [0, 0.05) is 11.4 Å². The Hall–Kier alpha value is -2.80. The van der Waals surface area contributed by atoms with Crippen molar-refractivity contribution in [1.29, 1.82) is 5.26 Å². The molecule has 0 amide bonds. The summed E-state index contributed by atoms with van der Waals surface area (Å²) in [5, 5.41) is 12.0. The van der Waals surface area contributed by atoms with Crippen molar-refractivity contribution in [3.8, 4) is 6.07 Å². The average molecular weight is 266 g/mol. The molecule has 2 aromatic carbocycles. The number of anilines is 2. The number of nitriles is 1. The first-order chi connectivity index (χ1) is 9.72. The van der Waals surface area contributed by atoms with Crippen LogP contribution in [0.15, 0.2) is 48.5 Å². The van der Waals surface area contributed by atoms with Crippen LogP contribution in [0, 0.1) is 11.3 Å². The van der Waals surface area contributed by atoms with E-state index in [0.717, 1.165) is 11.4 Å². The van der Waals surface area contributed by atoms with Crippen LogP contribution in [0.4, 0.5) is 11.4 Å². The lowest BCUT2D eigenvalue weighted by atomic mass is 10.2. The van der Waals surface area contributed by atoms with Gasteiger partial charge < -0.3 is 10.1 Å². The molecule has 4 nitrogen and oxygen atoms in total. The average Bonchev–Trinajstić information content (AvgIpc) is 2.48. The van der Waals surface area contributed by atoms with E-state index in [0.29, 0.717) is 17.7 Å². The van der Waals surface area contributed by atoms with Gasteiger partial charge in [-0.3, -0.25) is 0 Å². The molecule has 0 aromatic heterocycles. The third kappa shape index (κ3) is 3.36. The van der Waals surface area contributed by atoms with E-state index < -0.39 is 0 Å². The van der Waals surface area contributed by atoms with E-state index in [1.165, 1.54) is 0 Å². The number of nitrogens with one attached hydrogen (secondary N) is 1. The molecule has 0 unspecified atom stereocenters. The summed E-state index contributed by atoms with van der Waals surface area (Å²) in [6.45, 7) is 2.13. The SMILES string of the molecule is CCOC(=O)c1ccc(Nc2cccc(C#N)c2)cc1. The molecular weight excluding hydrogens is 252 g/mol. The molecule has 1 N–H and O–H groups in total. The minimum atomic E-state index is -0.328. The number of benzene rings is 2. The van der Waals surface area contributed by atoms with Crippen molar-refractivity contribution in [2.45, 2.75) is 6.92 Å². The molecule has 0 aliphatic rings. The Morgan fingerprint density at radius 3 is 2.60 bits per heavy atom. The van der Waals surface area contributed by atoms with E-state index in [-0.39, 0.29) is 5.97 Å². The zero-order valence-electron chi connectivity index (χ0n) is 11.1. The van der Waals surface area contributed by atoms with Gasteiger partial charge in [0.25, 0.3) is 0 Å². The Labute approximate surface area is 117 Å². The van der Waals surface area contributed by atoms with Crippen molar-refractivity contribution in [1.82, 2.24) is 0 Å². The van der Waals surface area contributed by atoms with Gasteiger partial charge in [-0.2, -0.15) is 5.26 Å². The number of carbonyl (C=O) groups excluding carboxylic acids is 1. The molecular formula is C16H14N2O2. The maximum atomic E-state index is 11.5. The number of ether oxygens (including phenoxy) is 1. The van der Waals surface area contributed by atoms with Crippen LogP contribution in [0.3, 0.4) is 0 Å². The Morgan fingerprint density at radius 1 is 1.20 bits per heavy atom. The highest BCUT2D eigenvalue weighted by atomic mass is 16.5. The summed E-state index contributed by atoms with van der Waals surface area (Å²) >= 11 is 0. The van der Waals surface area contributed by atoms with Crippen LogP contribution in [-0.4, -0.2) is 12.6 Å². The van der Waals surface area contributed by atoms with Gasteiger partial charge >= 0.3 is 5.97 Å². The zero-order valence-corrected chi connectivity index (χ0v) is 11.1. The molecule has 0 fully saturated rings. The molecule has 0 aliphatic carbocycles. The monoisotopic (exact) mass is 266 g/mol. The van der Waals surface area contributed by atoms with Crippen LogP contribution >= 0.6 is 0 Å². The molecule has 4 heteroatoms. The topological polar surface area (TPSA) is 62.1 Å². The molecule has 0 heterocycles. The number of hydrogen-bond acceptors (Lipinski definition) is 4. The lowest BCUT2D eigenvalue weighted by Gasteiger charge is -2.07. The van der Waals surface area contributed by atoms with E-state index in [1.54, 1.807) is 43.3 Å². The van der Waals surface area contributed by atoms with Crippen molar-refractivity contribution in [3.05, 3.63) is 59.7 Å². The fraction of sp³-hybridized carbons (Fsp3) is 0.125. The highest BCUT2D eigenvalue weighted by Crippen LogP contribution is 2.18. The van der Waals surface area contributed by atoms with Gasteiger partial charge in [0.05, 0.1) is 23.8 Å². The molecule has 20 heavy (non-hydrogen) atoms. The first kappa shape index (κ1) is 13.6. The fourth-order valence-corrected chi connectivity index (χ4v) is 1.74. The molecule has 0 saturated heterocycles. The Morgan fingerprint density at radius 2 is 1.95 bits per heavy atom. The summed E-state index contributed by atoms with van der Waals surface area (Å²) in [6, 6.07) is 16.3. The summed E-state index contributed by atoms with van der Waals surface area (Å²) in [5.41, 5.74) is 2.78. The van der Waals surface area contributed by atoms with Gasteiger partial charge in [-0.05, 0) is 49.4 Å². The molecule has 0 radical (unpaired) electrons. The smallest absolute Gasteiger partial charge is 0.338 e. The normalized spacial score (nSPS) is 9.60. The van der Waals surface area contributed by atoms with E-state index in [9.17, 15) is 4.79 Å². The van der Waals surface area contributed by atoms with E-state index in [1.807, 2.05) is 12.1 Å². The summed E-state index contributed by atoms with van der Waals surface area (Å²) in [5.74, 6) is -0.328. The molecule has 100 valence electrons. The fourth-order valence-electron chi connectivity index (χ4n) is 1.74. The van der Waals surface area contributed by atoms with Crippen LogP contribution in [0.5, 0.6) is 0 Å². The van der Waals surface area contributed by atoms with E-state index in [4.69, 9.17) is 10.00 Å². The molecule has 0 bridgehead atoms. The predicted molar refractivity (Wildman–Crippen MR) is 76.8 cm³/mol. The maximum absolute atomic E-state index is 11.5. The Balaban J connectivity index is 2.11. The Bertz CT molecular complexity index is 642. The van der Waals surface area contributed by atoms with Gasteiger partial charge in [0.1, 0.15) is 0 Å². The summed E-state index contributed by atoms with van der Waals surface area (Å²) in [4.78, 5) is 11.5. The van der Waals surface area contributed by atoms with Crippen molar-refractivity contribution in [2.75, 3.05) is 11.9 Å². The highest BCUT2D eigenvalue weighted by molar-refractivity contribution is 5.89. The quantitative estimate of drug-likeness (QED) is 0.860. The summed E-state index contributed by atoms with van der Waals surface area (Å²) < 4.78 is 4.92. The van der Waals surface area contributed by atoms with Crippen molar-refractivity contribution < 1.29 is 9.53 Å². The van der Waals surface area contributed by atoms with Crippen LogP contribution in [0.25, 0.3) is 0 Å². The first-order valence-corrected chi connectivity index (χ1v) is 6.27. The lowest BCUT2D eigenvalue weighted by Crippen LogP contribution is -2.04. The van der Waals surface area contributed by atoms with Gasteiger partial charge in [0.15, 0.2) is 0 Å². The number of carbonyl (C=O) groups is 1. The van der Waals surface area contributed by atoms with Gasteiger partial charge in [0.2, 0.25) is 0 Å². The molecule has 0 aliphatic heterocycles.